The highest BCUT2D eigenvalue weighted by molar-refractivity contribution is 6.30. The molecule has 1 fully saturated rings. The van der Waals surface area contributed by atoms with E-state index in [1.807, 2.05) is 41.6 Å². The summed E-state index contributed by atoms with van der Waals surface area (Å²) in [5, 5.41) is 8.80. The van der Waals surface area contributed by atoms with Crippen LogP contribution in [0.25, 0.3) is 11.0 Å². The molecule has 164 valence electrons. The van der Waals surface area contributed by atoms with Gasteiger partial charge in [0.05, 0.1) is 23.2 Å². The van der Waals surface area contributed by atoms with E-state index in [4.69, 9.17) is 17.3 Å². The number of H-pyrrole nitrogens is 1. The molecular formula is C23H29ClN6O. The molecule has 0 bridgehead atoms. The Morgan fingerprint density at radius 1 is 1.16 bits per heavy atom. The second-order valence-corrected chi connectivity index (χ2v) is 8.56. The molecule has 1 aromatic carbocycles. The van der Waals surface area contributed by atoms with E-state index in [0.29, 0.717) is 24.7 Å². The number of rotatable bonds is 7. The third-order valence-electron chi connectivity index (χ3n) is 6.06. The summed E-state index contributed by atoms with van der Waals surface area (Å²) in [5.41, 5.74) is 9.77. The van der Waals surface area contributed by atoms with Crippen molar-refractivity contribution < 1.29 is 4.79 Å². The molecule has 8 heteroatoms. The van der Waals surface area contributed by atoms with E-state index in [0.717, 1.165) is 60.2 Å². The van der Waals surface area contributed by atoms with Gasteiger partial charge in [-0.25, -0.2) is 4.98 Å². The smallest absolute Gasteiger partial charge is 0.230 e. The quantitative estimate of drug-likeness (QED) is 0.549. The van der Waals surface area contributed by atoms with Gasteiger partial charge in [0.2, 0.25) is 5.91 Å². The number of benzene rings is 1. The molecule has 3 aromatic rings. The molecule has 1 saturated heterocycles. The van der Waals surface area contributed by atoms with Crippen LogP contribution in [0.2, 0.25) is 5.02 Å². The van der Waals surface area contributed by atoms with E-state index in [9.17, 15) is 4.79 Å². The Balaban J connectivity index is 1.48. The number of carbonyl (C=O) groups is 1. The fourth-order valence-electron chi connectivity index (χ4n) is 4.40. The van der Waals surface area contributed by atoms with Crippen LogP contribution in [0.4, 0.5) is 5.69 Å². The zero-order valence-electron chi connectivity index (χ0n) is 17.9. The van der Waals surface area contributed by atoms with Crippen molar-refractivity contribution in [1.82, 2.24) is 20.1 Å². The number of hydrogen-bond donors (Lipinski definition) is 2. The lowest BCUT2D eigenvalue weighted by Crippen LogP contribution is -2.50. The number of pyridine rings is 1. The van der Waals surface area contributed by atoms with Gasteiger partial charge < -0.3 is 15.5 Å². The third-order valence-corrected chi connectivity index (χ3v) is 6.31. The summed E-state index contributed by atoms with van der Waals surface area (Å²) in [6, 6.07) is 7.67. The van der Waals surface area contributed by atoms with Crippen LogP contribution in [0.5, 0.6) is 0 Å². The van der Waals surface area contributed by atoms with Crippen molar-refractivity contribution in [3.63, 3.8) is 0 Å². The number of carbonyl (C=O) groups excluding carboxylic acids is 1. The number of aryl methyl sites for hydroxylation is 1. The molecular weight excluding hydrogens is 412 g/mol. The monoisotopic (exact) mass is 440 g/mol. The number of nitrogens with one attached hydrogen (secondary N) is 1. The van der Waals surface area contributed by atoms with E-state index in [1.54, 1.807) is 0 Å². The molecule has 0 radical (unpaired) electrons. The molecule has 1 atom stereocenters. The molecule has 2 aromatic heterocycles. The summed E-state index contributed by atoms with van der Waals surface area (Å²) in [5.74, 6) is 0.0394. The molecule has 0 unspecified atom stereocenters. The molecule has 1 aliphatic rings. The van der Waals surface area contributed by atoms with E-state index in [-0.39, 0.29) is 11.8 Å². The lowest BCUT2D eigenvalue weighted by molar-refractivity contribution is -0.133. The van der Waals surface area contributed by atoms with Crippen molar-refractivity contribution in [3.05, 3.63) is 52.8 Å². The number of aromatic nitrogens is 3. The van der Waals surface area contributed by atoms with Crippen LogP contribution in [-0.4, -0.2) is 58.7 Å². The fraction of sp³-hybridized carbons (Fsp3) is 0.435. The highest BCUT2D eigenvalue weighted by atomic mass is 35.5. The van der Waals surface area contributed by atoms with Crippen LogP contribution in [0.3, 0.4) is 0 Å². The first-order valence-corrected chi connectivity index (χ1v) is 11.2. The molecule has 31 heavy (non-hydrogen) atoms. The van der Waals surface area contributed by atoms with Gasteiger partial charge in [0, 0.05) is 37.4 Å². The van der Waals surface area contributed by atoms with Crippen molar-refractivity contribution in [3.8, 4) is 0 Å². The molecule has 4 rings (SSSR count). The van der Waals surface area contributed by atoms with Gasteiger partial charge in [-0.2, -0.15) is 5.10 Å². The van der Waals surface area contributed by atoms with Crippen LogP contribution in [0.1, 0.15) is 36.3 Å². The summed E-state index contributed by atoms with van der Waals surface area (Å²) in [6.45, 7) is 5.68. The van der Waals surface area contributed by atoms with E-state index < -0.39 is 0 Å². The Morgan fingerprint density at radius 2 is 1.90 bits per heavy atom. The minimum Gasteiger partial charge on any atom is -0.367 e. The van der Waals surface area contributed by atoms with Crippen LogP contribution >= 0.6 is 11.6 Å². The van der Waals surface area contributed by atoms with Gasteiger partial charge in [-0.1, -0.05) is 30.2 Å². The highest BCUT2D eigenvalue weighted by Crippen LogP contribution is 2.30. The first-order chi connectivity index (χ1) is 15.1. The maximum Gasteiger partial charge on any atom is 0.230 e. The van der Waals surface area contributed by atoms with Crippen molar-refractivity contribution in [2.45, 2.75) is 32.1 Å². The van der Waals surface area contributed by atoms with E-state index in [1.165, 1.54) is 0 Å². The molecule has 1 amide bonds. The summed E-state index contributed by atoms with van der Waals surface area (Å²) >= 11 is 6.06. The molecule has 0 saturated carbocycles. The lowest BCUT2D eigenvalue weighted by Gasteiger charge is -2.38. The Labute approximate surface area is 187 Å². The average molecular weight is 441 g/mol. The van der Waals surface area contributed by atoms with Gasteiger partial charge in [-0.15, -0.1) is 0 Å². The Kier molecular flexibility index (Phi) is 6.73. The first-order valence-electron chi connectivity index (χ1n) is 10.9. The lowest BCUT2D eigenvalue weighted by atomic mass is 9.91. The first kappa shape index (κ1) is 21.6. The second-order valence-electron chi connectivity index (χ2n) is 8.12. The number of nitrogens with two attached hydrogens (primary N) is 1. The molecule has 7 nitrogen and oxygen atoms in total. The molecule has 3 N–H and O–H groups in total. The van der Waals surface area contributed by atoms with Crippen molar-refractivity contribution >= 4 is 34.2 Å². The number of piperazine rings is 1. The summed E-state index contributed by atoms with van der Waals surface area (Å²) in [6.07, 6.45) is 6.37. The van der Waals surface area contributed by atoms with Gasteiger partial charge in [-0.05, 0) is 49.6 Å². The van der Waals surface area contributed by atoms with Gasteiger partial charge in [-0.3, -0.25) is 9.89 Å². The number of nitrogens with zero attached hydrogens (tertiary/aromatic N) is 4. The van der Waals surface area contributed by atoms with Gasteiger partial charge >= 0.3 is 0 Å². The van der Waals surface area contributed by atoms with Crippen LogP contribution in [0.15, 0.2) is 36.7 Å². The standard InChI is InChI=1S/C23H29ClN6O/c1-16-14-26-22-20(15-27-28-22)21(16)29-10-12-30(13-11-29)23(31)19(4-2-3-9-25)17-5-7-18(24)8-6-17/h5-8,14-15,19H,2-4,9-13,25H2,1H3,(H,26,27,28)/t19-/m1/s1. The Hall–Kier alpha value is -2.64. The number of hydrogen-bond acceptors (Lipinski definition) is 5. The zero-order chi connectivity index (χ0) is 21.8. The van der Waals surface area contributed by atoms with Crippen LogP contribution in [-0.2, 0) is 4.79 Å². The van der Waals surface area contributed by atoms with Crippen molar-refractivity contribution in [1.29, 1.82) is 0 Å². The molecule has 1 aliphatic heterocycles. The maximum absolute atomic E-state index is 13.5. The predicted molar refractivity (Wildman–Crippen MR) is 125 cm³/mol. The summed E-state index contributed by atoms with van der Waals surface area (Å²) in [7, 11) is 0. The fourth-order valence-corrected chi connectivity index (χ4v) is 4.52. The minimum absolute atomic E-state index is 0.154. The maximum atomic E-state index is 13.5. The predicted octanol–water partition coefficient (Wildman–Crippen LogP) is 3.48. The SMILES string of the molecule is Cc1cnc2[nH]ncc2c1N1CCN(C(=O)[C@H](CCCCN)c2ccc(Cl)cc2)CC1. The molecule has 0 spiro atoms. The van der Waals surface area contributed by atoms with Crippen LogP contribution < -0.4 is 10.6 Å². The van der Waals surface area contributed by atoms with Gasteiger partial charge in [0.15, 0.2) is 5.65 Å². The number of unbranched alkanes of at least 4 members (excludes halogenated alkanes) is 1. The van der Waals surface area contributed by atoms with E-state index >= 15 is 0 Å². The summed E-state index contributed by atoms with van der Waals surface area (Å²) in [4.78, 5) is 22.2. The highest BCUT2D eigenvalue weighted by Gasteiger charge is 2.29. The van der Waals surface area contributed by atoms with E-state index in [2.05, 4.69) is 27.0 Å². The summed E-state index contributed by atoms with van der Waals surface area (Å²) < 4.78 is 0. The van der Waals surface area contributed by atoms with Gasteiger partial charge in [0.1, 0.15) is 0 Å². The second kappa shape index (κ2) is 9.66. The van der Waals surface area contributed by atoms with Crippen LogP contribution in [0, 0.1) is 6.92 Å². The molecule has 3 heterocycles. The Morgan fingerprint density at radius 3 is 2.61 bits per heavy atom. The largest absolute Gasteiger partial charge is 0.367 e. The van der Waals surface area contributed by atoms with Crippen molar-refractivity contribution in [2.75, 3.05) is 37.6 Å². The number of fused-ring (bicyclic) bond motifs is 1. The van der Waals surface area contributed by atoms with Crippen molar-refractivity contribution in [2.24, 2.45) is 5.73 Å². The third kappa shape index (κ3) is 4.67. The zero-order valence-corrected chi connectivity index (χ0v) is 18.6. The topological polar surface area (TPSA) is 91.1 Å². The number of halogens is 1. The molecule has 0 aliphatic carbocycles. The number of aromatic amines is 1. The number of anilines is 1. The Bertz CT molecular complexity index is 1030. The minimum atomic E-state index is -0.154. The van der Waals surface area contributed by atoms with Gasteiger partial charge in [0.25, 0.3) is 0 Å². The average Bonchev–Trinajstić information content (AvgIpc) is 3.26. The number of amides is 1. The normalized spacial score (nSPS) is 15.5.